The molecule has 0 saturated carbocycles. The normalized spacial score (nSPS) is 11.1. The molecule has 8 nitrogen and oxygen atoms in total. The van der Waals surface area contributed by atoms with E-state index < -0.39 is 11.2 Å². The van der Waals surface area contributed by atoms with Gasteiger partial charge in [0.1, 0.15) is 0 Å². The minimum absolute atomic E-state index is 0.0685. The molecule has 26 heavy (non-hydrogen) atoms. The quantitative estimate of drug-likeness (QED) is 0.728. The van der Waals surface area contributed by atoms with E-state index in [2.05, 4.69) is 10.3 Å². The first-order chi connectivity index (χ1) is 12.3. The van der Waals surface area contributed by atoms with Gasteiger partial charge in [-0.2, -0.15) is 0 Å². The van der Waals surface area contributed by atoms with Crippen LogP contribution >= 0.6 is 23.2 Å². The van der Waals surface area contributed by atoms with Crippen LogP contribution < -0.4 is 16.6 Å². The molecule has 0 unspecified atom stereocenters. The van der Waals surface area contributed by atoms with E-state index in [1.165, 1.54) is 25.0 Å². The third kappa shape index (κ3) is 3.13. The van der Waals surface area contributed by atoms with Crippen LogP contribution in [0.4, 0.5) is 5.69 Å². The van der Waals surface area contributed by atoms with Crippen LogP contribution in [0, 0.1) is 0 Å². The molecule has 3 rings (SSSR count). The highest BCUT2D eigenvalue weighted by Crippen LogP contribution is 2.29. The van der Waals surface area contributed by atoms with Gasteiger partial charge in [0.05, 0.1) is 22.1 Å². The highest BCUT2D eigenvalue weighted by Gasteiger charge is 2.15. The zero-order valence-electron chi connectivity index (χ0n) is 14.0. The lowest BCUT2D eigenvalue weighted by molar-refractivity contribution is -0.116. The zero-order valence-corrected chi connectivity index (χ0v) is 15.5. The third-order valence-corrected chi connectivity index (χ3v) is 4.65. The zero-order chi connectivity index (χ0) is 19.0. The van der Waals surface area contributed by atoms with Crippen LogP contribution in [0.2, 0.25) is 10.0 Å². The molecule has 1 N–H and O–H groups in total. The number of aromatic nitrogens is 4. The first kappa shape index (κ1) is 18.2. The number of nitrogens with zero attached hydrogens (tertiary/aromatic N) is 4. The predicted molar refractivity (Wildman–Crippen MR) is 99.9 cm³/mol. The van der Waals surface area contributed by atoms with E-state index in [4.69, 9.17) is 23.2 Å². The Bertz CT molecular complexity index is 1110. The lowest BCUT2D eigenvalue weighted by atomic mass is 10.3. The molecule has 136 valence electrons. The molecule has 0 aliphatic carbocycles. The summed E-state index contributed by atoms with van der Waals surface area (Å²) >= 11 is 12.1. The van der Waals surface area contributed by atoms with Gasteiger partial charge in [0.15, 0.2) is 11.2 Å². The van der Waals surface area contributed by atoms with Crippen LogP contribution in [0.3, 0.4) is 0 Å². The molecule has 1 amide bonds. The van der Waals surface area contributed by atoms with Crippen LogP contribution in [0.5, 0.6) is 0 Å². The summed E-state index contributed by atoms with van der Waals surface area (Å²) in [5.41, 5.74) is -0.0468. The molecule has 2 heterocycles. The Morgan fingerprint density at radius 2 is 1.81 bits per heavy atom. The van der Waals surface area contributed by atoms with Gasteiger partial charge in [0.25, 0.3) is 5.56 Å². The SMILES string of the molecule is Cn1c(=O)c2c(ncn2CCC(=O)Nc2c(Cl)cccc2Cl)n(C)c1=O. The Morgan fingerprint density at radius 3 is 2.46 bits per heavy atom. The van der Waals surface area contributed by atoms with Gasteiger partial charge in [-0.1, -0.05) is 29.3 Å². The lowest BCUT2D eigenvalue weighted by Gasteiger charge is -2.10. The number of aryl methyl sites for hydroxylation is 2. The van der Waals surface area contributed by atoms with E-state index >= 15 is 0 Å². The van der Waals surface area contributed by atoms with Gasteiger partial charge in [-0.3, -0.25) is 18.7 Å². The van der Waals surface area contributed by atoms with Crippen molar-refractivity contribution in [3.8, 4) is 0 Å². The number of hydrogen-bond donors (Lipinski definition) is 1. The monoisotopic (exact) mass is 395 g/mol. The molecule has 0 spiro atoms. The van der Waals surface area contributed by atoms with Crippen molar-refractivity contribution in [2.75, 3.05) is 5.32 Å². The molecule has 0 radical (unpaired) electrons. The fourth-order valence-electron chi connectivity index (χ4n) is 2.61. The smallest absolute Gasteiger partial charge is 0.324 e. The molecule has 10 heteroatoms. The maximum atomic E-state index is 12.4. The number of halogens is 2. The van der Waals surface area contributed by atoms with Crippen molar-refractivity contribution < 1.29 is 4.79 Å². The van der Waals surface area contributed by atoms with Gasteiger partial charge in [0.2, 0.25) is 5.91 Å². The average Bonchev–Trinajstić information content (AvgIpc) is 3.03. The predicted octanol–water partition coefficient (Wildman–Crippen LogP) is 1.77. The maximum Gasteiger partial charge on any atom is 0.332 e. The molecule has 0 saturated heterocycles. The first-order valence-electron chi connectivity index (χ1n) is 7.66. The van der Waals surface area contributed by atoms with Gasteiger partial charge < -0.3 is 9.88 Å². The summed E-state index contributed by atoms with van der Waals surface area (Å²) in [5, 5.41) is 3.33. The fraction of sp³-hybridized carbons (Fsp3) is 0.250. The van der Waals surface area contributed by atoms with E-state index in [0.29, 0.717) is 15.7 Å². The van der Waals surface area contributed by atoms with Crippen molar-refractivity contribution in [1.29, 1.82) is 0 Å². The summed E-state index contributed by atoms with van der Waals surface area (Å²) in [5.74, 6) is -0.316. The van der Waals surface area contributed by atoms with Crippen molar-refractivity contribution >= 4 is 46.0 Å². The van der Waals surface area contributed by atoms with Crippen LogP contribution in [-0.4, -0.2) is 24.6 Å². The summed E-state index contributed by atoms with van der Waals surface area (Å²) in [6.07, 6.45) is 1.50. The molecule has 0 atom stereocenters. The molecule has 2 aromatic heterocycles. The number of hydrogen-bond acceptors (Lipinski definition) is 4. The first-order valence-corrected chi connectivity index (χ1v) is 8.41. The second-order valence-corrected chi connectivity index (χ2v) is 6.53. The van der Waals surface area contributed by atoms with Crippen molar-refractivity contribution in [1.82, 2.24) is 18.7 Å². The van der Waals surface area contributed by atoms with E-state index in [1.54, 1.807) is 22.8 Å². The van der Waals surface area contributed by atoms with Crippen molar-refractivity contribution in [2.24, 2.45) is 14.1 Å². The van der Waals surface area contributed by atoms with Gasteiger partial charge in [-0.05, 0) is 12.1 Å². The standard InChI is InChI=1S/C16H15Cl2N5O3/c1-21-14-13(15(25)22(2)16(21)26)23(8-19-14)7-6-11(24)20-12-9(17)4-3-5-10(12)18/h3-5,8H,6-7H2,1-2H3,(H,20,24). The van der Waals surface area contributed by atoms with Crippen LogP contribution in [0.15, 0.2) is 34.1 Å². The highest BCUT2D eigenvalue weighted by molar-refractivity contribution is 6.39. The lowest BCUT2D eigenvalue weighted by Crippen LogP contribution is -2.37. The van der Waals surface area contributed by atoms with Gasteiger partial charge in [-0.25, -0.2) is 9.78 Å². The van der Waals surface area contributed by atoms with Gasteiger partial charge >= 0.3 is 5.69 Å². The van der Waals surface area contributed by atoms with E-state index in [0.717, 1.165) is 4.57 Å². The minimum Gasteiger partial charge on any atom is -0.324 e. The highest BCUT2D eigenvalue weighted by atomic mass is 35.5. The second kappa shape index (κ2) is 6.97. The van der Waals surface area contributed by atoms with Crippen molar-refractivity contribution in [2.45, 2.75) is 13.0 Å². The van der Waals surface area contributed by atoms with E-state index in [-0.39, 0.29) is 30.0 Å². The maximum absolute atomic E-state index is 12.4. The van der Waals surface area contributed by atoms with Crippen molar-refractivity contribution in [3.63, 3.8) is 0 Å². The topological polar surface area (TPSA) is 90.9 Å². The molecule has 1 aromatic carbocycles. The Balaban J connectivity index is 1.84. The summed E-state index contributed by atoms with van der Waals surface area (Å²) < 4.78 is 3.84. The number of benzene rings is 1. The molecular formula is C16H15Cl2N5O3. The van der Waals surface area contributed by atoms with Crippen LogP contribution in [0.25, 0.3) is 11.2 Å². The Labute approximate surface area is 157 Å². The van der Waals surface area contributed by atoms with Crippen molar-refractivity contribution in [3.05, 3.63) is 55.4 Å². The second-order valence-electron chi connectivity index (χ2n) is 5.71. The minimum atomic E-state index is -0.463. The Kier molecular flexibility index (Phi) is 4.88. The van der Waals surface area contributed by atoms with Crippen LogP contribution in [-0.2, 0) is 25.4 Å². The largest absolute Gasteiger partial charge is 0.332 e. The number of imidazole rings is 1. The Hall–Kier alpha value is -2.58. The third-order valence-electron chi connectivity index (χ3n) is 4.02. The number of carbonyl (C=O) groups excluding carboxylic acids is 1. The summed E-state index contributed by atoms with van der Waals surface area (Å²) in [4.78, 5) is 40.6. The van der Waals surface area contributed by atoms with Crippen LogP contribution in [0.1, 0.15) is 6.42 Å². The number of carbonyl (C=O) groups is 1. The molecular weight excluding hydrogens is 381 g/mol. The summed E-state index contributed by atoms with van der Waals surface area (Å²) in [6.45, 7) is 0.206. The number of rotatable bonds is 4. The summed E-state index contributed by atoms with van der Waals surface area (Å²) in [7, 11) is 2.93. The van der Waals surface area contributed by atoms with Gasteiger partial charge in [-0.15, -0.1) is 0 Å². The van der Waals surface area contributed by atoms with E-state index in [1.807, 2.05) is 0 Å². The summed E-state index contributed by atoms with van der Waals surface area (Å²) in [6, 6.07) is 4.92. The molecule has 3 aromatic rings. The number of amides is 1. The average molecular weight is 396 g/mol. The van der Waals surface area contributed by atoms with E-state index in [9.17, 15) is 14.4 Å². The molecule has 0 bridgehead atoms. The molecule has 0 fully saturated rings. The molecule has 0 aliphatic rings. The number of anilines is 1. The van der Waals surface area contributed by atoms with Gasteiger partial charge in [0, 0.05) is 27.1 Å². The number of nitrogens with one attached hydrogen (secondary N) is 1. The number of para-hydroxylation sites is 1. The Morgan fingerprint density at radius 1 is 1.15 bits per heavy atom. The molecule has 0 aliphatic heterocycles. The number of fused-ring (bicyclic) bond motifs is 1. The fourth-order valence-corrected chi connectivity index (χ4v) is 3.10.